The Morgan fingerprint density at radius 2 is 1.50 bits per heavy atom. The van der Waals surface area contributed by atoms with Crippen molar-refractivity contribution < 1.29 is 14.4 Å². The third kappa shape index (κ3) is 11.8. The summed E-state index contributed by atoms with van der Waals surface area (Å²) in [6.07, 6.45) is 16.3. The Morgan fingerprint density at radius 1 is 0.947 bits per heavy atom. The first-order valence-corrected chi connectivity index (χ1v) is 14.8. The van der Waals surface area contributed by atoms with E-state index < -0.39 is 6.04 Å². The van der Waals surface area contributed by atoms with Crippen LogP contribution in [0, 0.1) is 11.3 Å². The summed E-state index contributed by atoms with van der Waals surface area (Å²) in [6, 6.07) is 9.20. The number of aliphatic hydroxyl groups is 1. The Balaban J connectivity index is 1.84. The van der Waals surface area contributed by atoms with Crippen LogP contribution in [0.5, 0.6) is 0 Å². The van der Waals surface area contributed by atoms with E-state index >= 15 is 0 Å². The lowest BCUT2D eigenvalue weighted by Gasteiger charge is -2.30. The molecule has 0 bridgehead atoms. The van der Waals surface area contributed by atoms with E-state index in [9.17, 15) is 9.90 Å². The molecule has 2 rings (SSSR count). The number of amides is 1. The van der Waals surface area contributed by atoms with Gasteiger partial charge in [-0.1, -0.05) is 147 Å². The average molecular weight is 526 g/mol. The number of rotatable bonds is 19. The predicted octanol–water partition coefficient (Wildman–Crippen LogP) is 9.11. The molecule has 0 aliphatic carbocycles. The fraction of sp³-hybridized carbons (Fsp3) is 0.656. The Bertz CT molecular complexity index is 933. The minimum Gasteiger partial charge on any atom is -0.513 e. The van der Waals surface area contributed by atoms with E-state index in [4.69, 9.17) is 4.52 Å². The minimum absolute atomic E-state index is 0.0422. The lowest BCUT2D eigenvalue weighted by Crippen LogP contribution is -2.40. The second kappa shape index (κ2) is 17.1. The van der Waals surface area contributed by atoms with Crippen LogP contribution in [0.1, 0.15) is 130 Å². The van der Waals surface area contributed by atoms with Crippen molar-refractivity contribution in [2.24, 2.45) is 11.3 Å². The van der Waals surface area contributed by atoms with Gasteiger partial charge in [-0.15, -0.1) is 0 Å². The zero-order valence-corrected chi connectivity index (χ0v) is 24.3. The molecule has 0 unspecified atom stereocenters. The molecule has 0 aliphatic rings. The van der Waals surface area contributed by atoms with Crippen molar-refractivity contribution in [3.05, 3.63) is 48.6 Å². The Hall–Kier alpha value is -2.63. The molecular weight excluding hydrogens is 474 g/mol. The number of carbonyl (C=O) groups is 1. The summed E-state index contributed by atoms with van der Waals surface area (Å²) >= 11 is 0. The van der Waals surface area contributed by atoms with Crippen LogP contribution in [0.25, 0.3) is 11.4 Å². The van der Waals surface area contributed by atoms with Crippen molar-refractivity contribution in [2.45, 2.75) is 124 Å². The zero-order chi connectivity index (χ0) is 27.8. The molecular formula is C32H51N3O3. The largest absolute Gasteiger partial charge is 0.513 e. The van der Waals surface area contributed by atoms with Crippen LogP contribution in [0.2, 0.25) is 0 Å². The fourth-order valence-corrected chi connectivity index (χ4v) is 4.81. The number of carbonyl (C=O) groups excluding carboxylic acids is 1. The number of aliphatic hydroxyl groups excluding tert-OH is 1. The van der Waals surface area contributed by atoms with Gasteiger partial charge in [0.2, 0.25) is 17.6 Å². The first-order chi connectivity index (χ1) is 18.2. The molecule has 38 heavy (non-hydrogen) atoms. The molecule has 0 saturated carbocycles. The van der Waals surface area contributed by atoms with E-state index in [1.807, 2.05) is 51.1 Å². The second-order valence-corrected chi connectivity index (χ2v) is 11.8. The number of hydrogen-bond acceptors (Lipinski definition) is 5. The molecule has 212 valence electrons. The lowest BCUT2D eigenvalue weighted by molar-refractivity contribution is -0.127. The first-order valence-electron chi connectivity index (χ1n) is 14.8. The maximum Gasteiger partial charge on any atom is 0.250 e. The van der Waals surface area contributed by atoms with Gasteiger partial charge in [0, 0.05) is 17.9 Å². The zero-order valence-electron chi connectivity index (χ0n) is 24.3. The molecule has 1 amide bonds. The number of hydrogen-bond donors (Lipinski definition) is 2. The van der Waals surface area contributed by atoms with Crippen LogP contribution in [-0.4, -0.2) is 21.2 Å². The molecule has 0 aliphatic heterocycles. The molecule has 2 aromatic rings. The van der Waals surface area contributed by atoms with Gasteiger partial charge in [0.05, 0.1) is 5.76 Å². The van der Waals surface area contributed by atoms with Crippen LogP contribution in [0.3, 0.4) is 0 Å². The Labute approximate surface area is 230 Å². The molecule has 0 saturated heterocycles. The summed E-state index contributed by atoms with van der Waals surface area (Å²) in [6.45, 7) is 12.0. The summed E-state index contributed by atoms with van der Waals surface area (Å²) in [5.74, 6) is 0.484. The lowest BCUT2D eigenvalue weighted by atomic mass is 9.85. The number of nitrogens with zero attached hydrogens (tertiary/aromatic N) is 2. The van der Waals surface area contributed by atoms with E-state index in [1.165, 1.54) is 64.2 Å². The van der Waals surface area contributed by atoms with Crippen LogP contribution < -0.4 is 5.32 Å². The molecule has 1 heterocycles. The molecule has 0 radical (unpaired) electrons. The molecule has 2 atom stereocenters. The van der Waals surface area contributed by atoms with Crippen molar-refractivity contribution in [3.63, 3.8) is 0 Å². The van der Waals surface area contributed by atoms with Gasteiger partial charge in [-0.05, 0) is 11.8 Å². The average Bonchev–Trinajstić information content (AvgIpc) is 3.36. The topological polar surface area (TPSA) is 88.2 Å². The van der Waals surface area contributed by atoms with Crippen molar-refractivity contribution in [3.8, 4) is 11.4 Å². The van der Waals surface area contributed by atoms with Crippen molar-refractivity contribution >= 4 is 5.91 Å². The number of benzene rings is 1. The Kier molecular flexibility index (Phi) is 14.2. The highest BCUT2D eigenvalue weighted by Gasteiger charge is 2.34. The Morgan fingerprint density at radius 3 is 2.03 bits per heavy atom. The van der Waals surface area contributed by atoms with E-state index in [0.717, 1.165) is 24.8 Å². The number of nitrogens with one attached hydrogen (secondary N) is 1. The van der Waals surface area contributed by atoms with Crippen molar-refractivity contribution in [1.29, 1.82) is 0 Å². The molecule has 0 spiro atoms. The fourth-order valence-electron chi connectivity index (χ4n) is 4.81. The summed E-state index contributed by atoms with van der Waals surface area (Å²) in [5.41, 5.74) is 0.523. The normalized spacial score (nSPS) is 13.3. The minimum atomic E-state index is -0.448. The third-order valence-corrected chi connectivity index (χ3v) is 7.13. The predicted molar refractivity (Wildman–Crippen MR) is 156 cm³/mol. The number of aromatic nitrogens is 2. The summed E-state index contributed by atoms with van der Waals surface area (Å²) in [5, 5.41) is 17.2. The van der Waals surface area contributed by atoms with E-state index in [-0.39, 0.29) is 29.4 Å². The van der Waals surface area contributed by atoms with Crippen LogP contribution in [-0.2, 0) is 4.79 Å². The van der Waals surface area contributed by atoms with Gasteiger partial charge in [-0.25, -0.2) is 0 Å². The summed E-state index contributed by atoms with van der Waals surface area (Å²) < 4.78 is 5.60. The van der Waals surface area contributed by atoms with Gasteiger partial charge in [-0.2, -0.15) is 4.98 Å². The molecule has 2 N–H and O–H groups in total. The van der Waals surface area contributed by atoms with Gasteiger partial charge in [0.1, 0.15) is 6.04 Å². The smallest absolute Gasteiger partial charge is 0.250 e. The van der Waals surface area contributed by atoms with Crippen molar-refractivity contribution in [1.82, 2.24) is 15.5 Å². The highest BCUT2D eigenvalue weighted by molar-refractivity contribution is 5.79. The van der Waals surface area contributed by atoms with E-state index in [2.05, 4.69) is 29.0 Å². The van der Waals surface area contributed by atoms with E-state index in [1.54, 1.807) is 0 Å². The van der Waals surface area contributed by atoms with E-state index in [0.29, 0.717) is 11.7 Å². The number of unbranched alkanes of at least 4 members (excludes halogenated alkanes) is 11. The van der Waals surface area contributed by atoms with Gasteiger partial charge < -0.3 is 14.9 Å². The molecule has 0 fully saturated rings. The quantitative estimate of drug-likeness (QED) is 0.141. The highest BCUT2D eigenvalue weighted by atomic mass is 16.5. The highest BCUT2D eigenvalue weighted by Crippen LogP contribution is 2.33. The standard InChI is InChI=1S/C32H51N3O3/c1-6-7-8-9-10-11-12-13-14-15-16-18-23-27(24-25(2)36)30(37)33-28(32(3,4)5)31-34-29(35-38-31)26-21-19-17-20-22-26/h17,19-22,27-28,36H,2,6-16,18,23-24H2,1,3-5H3,(H,33,37)/t27-,28-/m1/s1. The summed E-state index contributed by atoms with van der Waals surface area (Å²) in [4.78, 5) is 18.0. The van der Waals surface area contributed by atoms with Gasteiger partial charge in [-0.3, -0.25) is 4.79 Å². The SMILES string of the molecule is C=C(O)C[C@@H](CCCCCCCCCCCCCC)C(=O)N[C@H](c1nc(-c2ccccc2)no1)C(C)(C)C. The van der Waals surface area contributed by atoms with Crippen LogP contribution >= 0.6 is 0 Å². The van der Waals surface area contributed by atoms with Gasteiger partial charge >= 0.3 is 0 Å². The first kappa shape index (κ1) is 31.6. The van der Waals surface area contributed by atoms with Crippen molar-refractivity contribution in [2.75, 3.05) is 0 Å². The summed E-state index contributed by atoms with van der Waals surface area (Å²) in [7, 11) is 0. The van der Waals surface area contributed by atoms with Gasteiger partial charge in [0.15, 0.2) is 0 Å². The monoisotopic (exact) mass is 525 g/mol. The van der Waals surface area contributed by atoms with Crippen LogP contribution in [0.15, 0.2) is 47.2 Å². The molecule has 6 heteroatoms. The van der Waals surface area contributed by atoms with Crippen LogP contribution in [0.4, 0.5) is 0 Å². The third-order valence-electron chi connectivity index (χ3n) is 7.13. The second-order valence-electron chi connectivity index (χ2n) is 11.8. The number of allylic oxidation sites excluding steroid dienone is 1. The molecule has 1 aromatic carbocycles. The maximum atomic E-state index is 13.4. The molecule has 6 nitrogen and oxygen atoms in total. The molecule has 1 aromatic heterocycles. The maximum absolute atomic E-state index is 13.4. The van der Waals surface area contributed by atoms with Gasteiger partial charge in [0.25, 0.3) is 0 Å².